The Hall–Kier alpha value is -0.390. The topological polar surface area (TPSA) is 80.4 Å². The van der Waals surface area contributed by atoms with E-state index < -0.39 is 10.1 Å². The third-order valence-electron chi connectivity index (χ3n) is 0.988. The summed E-state index contributed by atoms with van der Waals surface area (Å²) in [7, 11) is -3.67. The summed E-state index contributed by atoms with van der Waals surface area (Å²) in [6, 6.07) is 0. The number of rotatable bonds is 3. The Bertz CT molecular complexity index is 228. The summed E-state index contributed by atoms with van der Waals surface area (Å²) in [5.41, 5.74) is 6.44. The van der Waals surface area contributed by atoms with Crippen molar-refractivity contribution < 1.29 is 13.0 Å². The van der Waals surface area contributed by atoms with Crippen molar-refractivity contribution in [1.82, 2.24) is 0 Å². The van der Waals surface area contributed by atoms with Crippen LogP contribution in [0, 0.1) is 0 Å². The van der Waals surface area contributed by atoms with Crippen LogP contribution >= 0.6 is 0 Å². The highest BCUT2D eigenvalue weighted by Crippen LogP contribution is 1.83. The van der Waals surface area contributed by atoms with Crippen LogP contribution in [0.15, 0.2) is 11.6 Å². The van der Waals surface area contributed by atoms with Gasteiger partial charge in [0.15, 0.2) is 0 Å². The van der Waals surface area contributed by atoms with Gasteiger partial charge in [0.05, 0.1) is 5.75 Å². The molecule has 0 aromatic carbocycles. The molecule has 3 N–H and O–H groups in total. The molecule has 0 saturated heterocycles. The molecule has 0 aliphatic carbocycles. The Morgan fingerprint density at radius 2 is 1.92 bits per heavy atom. The summed E-state index contributed by atoms with van der Waals surface area (Å²) in [5.74, 6) is -0.132. The van der Waals surface area contributed by atoms with Gasteiger partial charge in [-0.15, -0.1) is 0 Å². The highest BCUT2D eigenvalue weighted by Gasteiger charge is 1.98. The summed E-state index contributed by atoms with van der Waals surface area (Å²) in [6.45, 7) is 6.43. The molecule has 0 radical (unpaired) electrons. The zero-order valence-electron chi connectivity index (χ0n) is 8.45. The van der Waals surface area contributed by atoms with Gasteiger partial charge in [0.1, 0.15) is 0 Å². The lowest BCUT2D eigenvalue weighted by atomic mass is 10.3. The third-order valence-corrected chi connectivity index (χ3v) is 1.91. The van der Waals surface area contributed by atoms with Crippen molar-refractivity contribution in [2.75, 3.05) is 12.3 Å². The molecule has 0 aliphatic rings. The molecule has 0 saturated carbocycles. The summed E-state index contributed by atoms with van der Waals surface area (Å²) in [5, 5.41) is 0. The highest BCUT2D eigenvalue weighted by atomic mass is 32.2. The molecule has 0 aromatic heterocycles. The standard InChI is InChI=1S/C5H11N.C3H8O3S/c1-5(2)3-4-6;1-2-3-7(4,5)6/h3H,4,6H2,1-2H3;2-3H2,1H3,(H,4,5,6). The SMILES string of the molecule is CC(C)=CCN.CCCS(=O)(=O)O. The van der Waals surface area contributed by atoms with Crippen molar-refractivity contribution in [3.63, 3.8) is 0 Å². The normalized spacial score (nSPS) is 9.92. The van der Waals surface area contributed by atoms with E-state index in [0.717, 1.165) is 0 Å². The monoisotopic (exact) mass is 209 g/mol. The Morgan fingerprint density at radius 3 is 1.92 bits per heavy atom. The molecule has 5 heteroatoms. The van der Waals surface area contributed by atoms with Gasteiger partial charge in [-0.1, -0.05) is 18.6 Å². The molecule has 0 heterocycles. The van der Waals surface area contributed by atoms with Crippen LogP contribution in [0.5, 0.6) is 0 Å². The average Bonchev–Trinajstić information content (AvgIpc) is 1.84. The molecule has 0 aromatic rings. The van der Waals surface area contributed by atoms with Crippen LogP contribution in [0.4, 0.5) is 0 Å². The lowest BCUT2D eigenvalue weighted by molar-refractivity contribution is 0.482. The minimum absolute atomic E-state index is 0.132. The van der Waals surface area contributed by atoms with Crippen LogP contribution in [0.1, 0.15) is 27.2 Å². The van der Waals surface area contributed by atoms with E-state index in [2.05, 4.69) is 0 Å². The molecule has 0 fully saturated rings. The van der Waals surface area contributed by atoms with Crippen LogP contribution in [0.3, 0.4) is 0 Å². The predicted molar refractivity (Wildman–Crippen MR) is 55.2 cm³/mol. The zero-order chi connectivity index (χ0) is 10.9. The van der Waals surface area contributed by atoms with Gasteiger partial charge in [-0.05, 0) is 20.3 Å². The predicted octanol–water partition coefficient (Wildman–Crippen LogP) is 1.20. The van der Waals surface area contributed by atoms with Gasteiger partial charge in [0.25, 0.3) is 10.1 Å². The van der Waals surface area contributed by atoms with Gasteiger partial charge in [-0.2, -0.15) is 8.42 Å². The summed E-state index contributed by atoms with van der Waals surface area (Å²) < 4.78 is 27.6. The van der Waals surface area contributed by atoms with Gasteiger partial charge < -0.3 is 5.73 Å². The largest absolute Gasteiger partial charge is 0.327 e. The fraction of sp³-hybridized carbons (Fsp3) is 0.750. The lowest BCUT2D eigenvalue weighted by Crippen LogP contribution is -2.01. The first-order valence-electron chi connectivity index (χ1n) is 4.12. The first kappa shape index (κ1) is 15.1. The smallest absolute Gasteiger partial charge is 0.264 e. The van der Waals surface area contributed by atoms with Crippen molar-refractivity contribution in [2.24, 2.45) is 5.73 Å². The van der Waals surface area contributed by atoms with E-state index >= 15 is 0 Å². The molecule has 0 spiro atoms. The summed E-state index contributed by atoms with van der Waals surface area (Å²) in [6.07, 6.45) is 2.46. The molecule has 0 aliphatic heterocycles. The quantitative estimate of drug-likeness (QED) is 0.540. The zero-order valence-corrected chi connectivity index (χ0v) is 9.26. The molecular weight excluding hydrogens is 190 g/mol. The van der Waals surface area contributed by atoms with Crippen molar-refractivity contribution in [1.29, 1.82) is 0 Å². The average molecular weight is 209 g/mol. The van der Waals surface area contributed by atoms with Crippen molar-refractivity contribution >= 4 is 10.1 Å². The Labute approximate surface area is 80.6 Å². The van der Waals surface area contributed by atoms with E-state index in [-0.39, 0.29) is 5.75 Å². The molecule has 0 unspecified atom stereocenters. The van der Waals surface area contributed by atoms with Crippen molar-refractivity contribution in [3.8, 4) is 0 Å². The van der Waals surface area contributed by atoms with Crippen molar-refractivity contribution in [3.05, 3.63) is 11.6 Å². The third kappa shape index (κ3) is 24.5. The Kier molecular flexibility index (Phi) is 9.55. The Morgan fingerprint density at radius 1 is 1.46 bits per heavy atom. The van der Waals surface area contributed by atoms with Gasteiger partial charge >= 0.3 is 0 Å². The molecule has 0 rings (SSSR count). The molecule has 80 valence electrons. The maximum absolute atomic E-state index is 9.79. The highest BCUT2D eigenvalue weighted by molar-refractivity contribution is 7.85. The van der Waals surface area contributed by atoms with Crippen LogP contribution in [-0.2, 0) is 10.1 Å². The first-order valence-corrected chi connectivity index (χ1v) is 5.73. The van der Waals surface area contributed by atoms with Gasteiger partial charge in [-0.3, -0.25) is 4.55 Å². The van der Waals surface area contributed by atoms with Crippen LogP contribution in [-0.4, -0.2) is 25.3 Å². The number of allylic oxidation sites excluding steroid dienone is 1. The van der Waals surface area contributed by atoms with Crippen LogP contribution in [0.2, 0.25) is 0 Å². The maximum atomic E-state index is 9.79. The van der Waals surface area contributed by atoms with Gasteiger partial charge in [0, 0.05) is 6.54 Å². The van der Waals surface area contributed by atoms with E-state index in [1.165, 1.54) is 5.57 Å². The fourth-order valence-electron chi connectivity index (χ4n) is 0.494. The number of nitrogens with two attached hydrogens (primary N) is 1. The van der Waals surface area contributed by atoms with Crippen molar-refractivity contribution in [2.45, 2.75) is 27.2 Å². The number of hydrogen-bond donors (Lipinski definition) is 2. The van der Waals surface area contributed by atoms with E-state index in [1.807, 2.05) is 19.9 Å². The molecule has 13 heavy (non-hydrogen) atoms. The van der Waals surface area contributed by atoms with Gasteiger partial charge in [-0.25, -0.2) is 0 Å². The van der Waals surface area contributed by atoms with Gasteiger partial charge in [0.2, 0.25) is 0 Å². The second-order valence-electron chi connectivity index (χ2n) is 2.80. The first-order chi connectivity index (χ1) is 5.83. The van der Waals surface area contributed by atoms with E-state index in [1.54, 1.807) is 6.92 Å². The minimum atomic E-state index is -3.67. The minimum Gasteiger partial charge on any atom is -0.327 e. The second kappa shape index (κ2) is 8.22. The molecule has 0 atom stereocenters. The molecule has 0 bridgehead atoms. The number of hydrogen-bond acceptors (Lipinski definition) is 3. The lowest BCUT2D eigenvalue weighted by Gasteiger charge is -1.85. The van der Waals surface area contributed by atoms with E-state index in [0.29, 0.717) is 13.0 Å². The van der Waals surface area contributed by atoms with E-state index in [4.69, 9.17) is 10.3 Å². The van der Waals surface area contributed by atoms with Crippen LogP contribution in [0.25, 0.3) is 0 Å². The summed E-state index contributed by atoms with van der Waals surface area (Å²) in [4.78, 5) is 0. The fourth-order valence-corrected chi connectivity index (χ4v) is 1.01. The van der Waals surface area contributed by atoms with Crippen LogP contribution < -0.4 is 5.73 Å². The van der Waals surface area contributed by atoms with E-state index in [9.17, 15) is 8.42 Å². The molecular formula is C8H19NO3S. The maximum Gasteiger partial charge on any atom is 0.264 e. The Balaban J connectivity index is 0. The summed E-state index contributed by atoms with van der Waals surface area (Å²) >= 11 is 0. The molecule has 4 nitrogen and oxygen atoms in total. The second-order valence-corrected chi connectivity index (χ2v) is 4.38. The molecule has 0 amide bonds.